The van der Waals surface area contributed by atoms with Gasteiger partial charge in [-0.25, -0.2) is 0 Å². The summed E-state index contributed by atoms with van der Waals surface area (Å²) in [4.78, 5) is 0. The summed E-state index contributed by atoms with van der Waals surface area (Å²) in [5.74, 6) is 3.40. The quantitative estimate of drug-likeness (QED) is 0.0801. The van der Waals surface area contributed by atoms with Gasteiger partial charge in [0.2, 0.25) is 0 Å². The van der Waals surface area contributed by atoms with Gasteiger partial charge in [-0.05, 0) is 102 Å². The minimum absolute atomic E-state index is 0.0627. The molecule has 44 heavy (non-hydrogen) atoms. The first-order chi connectivity index (χ1) is 20.7. The van der Waals surface area contributed by atoms with Gasteiger partial charge in [0, 0.05) is 14.2 Å². The van der Waals surface area contributed by atoms with E-state index in [-0.39, 0.29) is 11.2 Å². The van der Waals surface area contributed by atoms with Crippen LogP contribution in [0.3, 0.4) is 0 Å². The molecule has 0 rings (SSSR count). The summed E-state index contributed by atoms with van der Waals surface area (Å²) >= 11 is 0. The molecule has 0 aliphatic carbocycles. The summed E-state index contributed by atoms with van der Waals surface area (Å²) in [6, 6.07) is 0. The topological polar surface area (TPSA) is 18.5 Å². The molecular weight excluding hydrogens is 536 g/mol. The van der Waals surface area contributed by atoms with Crippen LogP contribution in [0.15, 0.2) is 85.1 Å². The summed E-state index contributed by atoms with van der Waals surface area (Å²) in [5, 5.41) is 0. The number of hydrogen-bond donors (Lipinski definition) is 0. The maximum atomic E-state index is 5.50. The second-order valence-corrected chi connectivity index (χ2v) is 14.6. The van der Waals surface area contributed by atoms with E-state index in [1.807, 2.05) is 0 Å². The molecule has 0 spiro atoms. The maximum absolute atomic E-state index is 5.50. The lowest BCUT2D eigenvalue weighted by Crippen LogP contribution is -2.20. The molecule has 2 heteroatoms. The van der Waals surface area contributed by atoms with Crippen LogP contribution in [-0.4, -0.2) is 25.4 Å². The predicted molar refractivity (Wildman–Crippen MR) is 198 cm³/mol. The molecule has 0 aliphatic heterocycles. The van der Waals surface area contributed by atoms with Crippen molar-refractivity contribution >= 4 is 0 Å². The molecule has 0 heterocycles. The van der Waals surface area contributed by atoms with Gasteiger partial charge in [-0.15, -0.1) is 0 Å². The van der Waals surface area contributed by atoms with Gasteiger partial charge in [-0.1, -0.05) is 139 Å². The highest BCUT2D eigenvalue weighted by atomic mass is 16.5. The molecule has 0 aromatic carbocycles. The third kappa shape index (κ3) is 25.4. The Morgan fingerprint density at radius 3 is 1.36 bits per heavy atom. The number of allylic oxidation sites excluding steroid dienone is 12. The van der Waals surface area contributed by atoms with E-state index < -0.39 is 0 Å². The highest BCUT2D eigenvalue weighted by molar-refractivity contribution is 5.11. The largest absolute Gasteiger partial charge is 0.378 e. The van der Waals surface area contributed by atoms with Crippen molar-refractivity contribution in [3.8, 4) is 0 Å². The fourth-order valence-electron chi connectivity index (χ4n) is 4.66. The molecule has 0 fully saturated rings. The zero-order chi connectivity index (χ0) is 33.4. The van der Waals surface area contributed by atoms with Crippen LogP contribution >= 0.6 is 0 Å². The maximum Gasteiger partial charge on any atom is 0.0657 e. The number of hydrogen-bond acceptors (Lipinski definition) is 2. The first kappa shape index (κ1) is 42.1. The molecule has 0 aromatic rings. The molecule has 2 nitrogen and oxygen atoms in total. The van der Waals surface area contributed by atoms with Crippen molar-refractivity contribution in [1.29, 1.82) is 0 Å². The van der Waals surface area contributed by atoms with E-state index >= 15 is 0 Å². The predicted octanol–water partition coefficient (Wildman–Crippen LogP) is 12.7. The first-order valence-electron chi connectivity index (χ1n) is 17.5. The van der Waals surface area contributed by atoms with Gasteiger partial charge >= 0.3 is 0 Å². The third-order valence-corrected chi connectivity index (χ3v) is 8.45. The van der Waals surface area contributed by atoms with Crippen LogP contribution < -0.4 is 0 Å². The van der Waals surface area contributed by atoms with Crippen molar-refractivity contribution in [2.24, 2.45) is 35.5 Å². The Labute approximate surface area is 275 Å². The first-order valence-corrected chi connectivity index (χ1v) is 17.5. The Balaban J connectivity index is 4.22. The van der Waals surface area contributed by atoms with Gasteiger partial charge in [0.1, 0.15) is 0 Å². The Kier molecular flexibility index (Phi) is 23.3. The molecule has 0 N–H and O–H groups in total. The standard InChI is InChI=1S/C42H72O2/c1-35(23-15-25-37(3)27-17-29-39(5)31-19-33-41(7,8)43-11)21-13-14-22-36(2)24-16-26-38(4)28-18-30-40(6)32-20-34-42(9,10)44-12/h13-17,19-24,27,31-32,35-40H,18,25-26,28-30,33-34H2,1-12H3/b21-13+,22-14+,23-15+,24-16+,27-17+,31-19+,32-20-. The molecule has 0 bridgehead atoms. The summed E-state index contributed by atoms with van der Waals surface area (Å²) in [6.45, 7) is 22.3. The number of methoxy groups -OCH3 is 2. The summed E-state index contributed by atoms with van der Waals surface area (Å²) < 4.78 is 11.0. The van der Waals surface area contributed by atoms with Crippen LogP contribution in [-0.2, 0) is 9.47 Å². The van der Waals surface area contributed by atoms with E-state index in [9.17, 15) is 0 Å². The average molecular weight is 609 g/mol. The Morgan fingerprint density at radius 1 is 0.477 bits per heavy atom. The lowest BCUT2D eigenvalue weighted by atomic mass is 9.95. The van der Waals surface area contributed by atoms with Gasteiger partial charge in [-0.3, -0.25) is 0 Å². The molecular formula is C42H72O2. The number of rotatable bonds is 24. The van der Waals surface area contributed by atoms with Crippen LogP contribution in [0, 0.1) is 35.5 Å². The molecule has 6 unspecified atom stereocenters. The van der Waals surface area contributed by atoms with E-state index in [1.165, 1.54) is 25.7 Å². The normalized spacial score (nSPS) is 18.2. The highest BCUT2D eigenvalue weighted by Crippen LogP contribution is 2.19. The molecule has 0 amide bonds. The monoisotopic (exact) mass is 609 g/mol. The third-order valence-electron chi connectivity index (χ3n) is 8.45. The van der Waals surface area contributed by atoms with Gasteiger partial charge in [0.05, 0.1) is 11.2 Å². The van der Waals surface area contributed by atoms with E-state index in [1.54, 1.807) is 14.2 Å². The summed E-state index contributed by atoms with van der Waals surface area (Å²) in [7, 11) is 3.57. The molecule has 0 radical (unpaired) electrons. The Hall–Kier alpha value is -1.90. The average Bonchev–Trinajstić information content (AvgIpc) is 2.95. The van der Waals surface area contributed by atoms with Crippen LogP contribution in [0.2, 0.25) is 0 Å². The minimum Gasteiger partial charge on any atom is -0.378 e. The van der Waals surface area contributed by atoms with Crippen LogP contribution in [0.1, 0.15) is 121 Å². The van der Waals surface area contributed by atoms with E-state index in [0.717, 1.165) is 31.6 Å². The van der Waals surface area contributed by atoms with Crippen LogP contribution in [0.25, 0.3) is 0 Å². The number of ether oxygens (including phenoxy) is 2. The molecule has 6 atom stereocenters. The molecule has 0 saturated carbocycles. The zero-order valence-corrected chi connectivity index (χ0v) is 31.0. The second kappa shape index (κ2) is 24.3. The summed E-state index contributed by atoms with van der Waals surface area (Å²) in [5.41, 5.74) is -0.142. The van der Waals surface area contributed by atoms with Crippen molar-refractivity contribution in [1.82, 2.24) is 0 Å². The van der Waals surface area contributed by atoms with Crippen LogP contribution in [0.5, 0.6) is 0 Å². The zero-order valence-electron chi connectivity index (χ0n) is 31.0. The molecule has 0 saturated heterocycles. The highest BCUT2D eigenvalue weighted by Gasteiger charge is 2.14. The molecule has 0 aromatic heterocycles. The molecule has 252 valence electrons. The lowest BCUT2D eigenvalue weighted by Gasteiger charge is -2.20. The fraction of sp³-hybridized carbons (Fsp3) is 0.667. The Morgan fingerprint density at radius 2 is 0.886 bits per heavy atom. The summed E-state index contributed by atoms with van der Waals surface area (Å²) in [6.07, 6.45) is 41.4. The van der Waals surface area contributed by atoms with Crippen molar-refractivity contribution in [2.75, 3.05) is 14.2 Å². The second-order valence-electron chi connectivity index (χ2n) is 14.6. The smallest absolute Gasteiger partial charge is 0.0657 e. The molecule has 0 aliphatic rings. The van der Waals surface area contributed by atoms with Gasteiger partial charge < -0.3 is 9.47 Å². The minimum atomic E-state index is -0.0789. The van der Waals surface area contributed by atoms with E-state index in [0.29, 0.717) is 29.6 Å². The van der Waals surface area contributed by atoms with Gasteiger partial charge in [-0.2, -0.15) is 0 Å². The van der Waals surface area contributed by atoms with Gasteiger partial charge in [0.15, 0.2) is 0 Å². The Bertz CT molecular complexity index is 910. The van der Waals surface area contributed by atoms with Crippen molar-refractivity contribution < 1.29 is 9.47 Å². The lowest BCUT2D eigenvalue weighted by molar-refractivity contribution is 0.0251. The van der Waals surface area contributed by atoms with Crippen molar-refractivity contribution in [2.45, 2.75) is 132 Å². The van der Waals surface area contributed by atoms with Crippen LogP contribution in [0.4, 0.5) is 0 Å². The van der Waals surface area contributed by atoms with Crippen molar-refractivity contribution in [3.63, 3.8) is 0 Å². The fourth-order valence-corrected chi connectivity index (χ4v) is 4.66. The van der Waals surface area contributed by atoms with E-state index in [2.05, 4.69) is 154 Å². The SMILES string of the molecule is COC(C)(C)C/C=C\C(C)CCCC(C)C/C=C/C(C)/C=C/C=C/C(C)/C=C/CC(C)/C=C/CC(C)/C=C/CC(C)(C)OC. The van der Waals surface area contributed by atoms with Gasteiger partial charge in [0.25, 0.3) is 0 Å². The van der Waals surface area contributed by atoms with E-state index in [4.69, 9.17) is 9.47 Å². The van der Waals surface area contributed by atoms with Crippen molar-refractivity contribution in [3.05, 3.63) is 85.1 Å².